The van der Waals surface area contributed by atoms with Gasteiger partial charge in [0.1, 0.15) is 5.75 Å². The summed E-state index contributed by atoms with van der Waals surface area (Å²) >= 11 is 0. The maximum absolute atomic E-state index is 12.2. The Hall–Kier alpha value is -2.91. The standard InChI is InChI=1S/C20H24N2O6S/c1-12-9-13(2)19(14(3)10-12)27-11-18(23)28-15(4)20(24)22-16-5-7-17(8-6-16)29(21,25)26/h5-10,15H,11H2,1-4H3,(H,22,24)(H2,21,25,26)/t15-/m1/s1. The number of amides is 1. The topological polar surface area (TPSA) is 125 Å². The van der Waals surface area contributed by atoms with E-state index in [9.17, 15) is 18.0 Å². The Kier molecular flexibility index (Phi) is 6.99. The average molecular weight is 420 g/mol. The van der Waals surface area contributed by atoms with Crippen LogP contribution in [-0.2, 0) is 24.3 Å². The number of benzene rings is 2. The number of hydrogen-bond donors (Lipinski definition) is 2. The molecule has 0 fully saturated rings. The number of hydrogen-bond acceptors (Lipinski definition) is 6. The van der Waals surface area contributed by atoms with E-state index in [4.69, 9.17) is 14.6 Å². The van der Waals surface area contributed by atoms with Gasteiger partial charge in [-0.25, -0.2) is 18.4 Å². The molecule has 0 aliphatic carbocycles. The van der Waals surface area contributed by atoms with E-state index in [1.165, 1.54) is 31.2 Å². The summed E-state index contributed by atoms with van der Waals surface area (Å²) < 4.78 is 33.1. The number of sulfonamides is 1. The number of primary sulfonamides is 1. The van der Waals surface area contributed by atoms with Crippen LogP contribution in [0.2, 0.25) is 0 Å². The Bertz CT molecular complexity index is 993. The number of anilines is 1. The van der Waals surface area contributed by atoms with Crippen LogP contribution in [0.4, 0.5) is 5.69 Å². The Labute approximate surface area is 170 Å². The largest absolute Gasteiger partial charge is 0.481 e. The van der Waals surface area contributed by atoms with Gasteiger partial charge in [-0.05, 0) is 63.1 Å². The minimum atomic E-state index is -3.81. The molecule has 0 saturated heterocycles. The summed E-state index contributed by atoms with van der Waals surface area (Å²) in [4.78, 5) is 24.1. The van der Waals surface area contributed by atoms with Gasteiger partial charge in [-0.3, -0.25) is 4.79 Å². The third-order valence-corrected chi connectivity index (χ3v) is 5.00. The van der Waals surface area contributed by atoms with E-state index in [-0.39, 0.29) is 11.5 Å². The van der Waals surface area contributed by atoms with Crippen LogP contribution in [0.25, 0.3) is 0 Å². The van der Waals surface area contributed by atoms with Crippen LogP contribution in [0.3, 0.4) is 0 Å². The molecule has 1 atom stereocenters. The van der Waals surface area contributed by atoms with Gasteiger partial charge in [-0.1, -0.05) is 17.7 Å². The second-order valence-electron chi connectivity index (χ2n) is 6.71. The lowest BCUT2D eigenvalue weighted by atomic mass is 10.1. The number of rotatable bonds is 7. The van der Waals surface area contributed by atoms with Crippen molar-refractivity contribution in [2.75, 3.05) is 11.9 Å². The highest BCUT2D eigenvalue weighted by molar-refractivity contribution is 7.89. The quantitative estimate of drug-likeness (QED) is 0.662. The molecular formula is C20H24N2O6S. The summed E-state index contributed by atoms with van der Waals surface area (Å²) in [5.74, 6) is -0.638. The van der Waals surface area contributed by atoms with Gasteiger partial charge >= 0.3 is 5.97 Å². The molecule has 0 spiro atoms. The molecule has 2 aromatic carbocycles. The van der Waals surface area contributed by atoms with E-state index in [1.54, 1.807) is 0 Å². The zero-order valence-electron chi connectivity index (χ0n) is 16.7. The first-order valence-corrected chi connectivity index (χ1v) is 10.4. The fourth-order valence-electron chi connectivity index (χ4n) is 2.78. The SMILES string of the molecule is Cc1cc(C)c(OCC(=O)O[C@H](C)C(=O)Nc2ccc(S(N)(=O)=O)cc2)c(C)c1. The highest BCUT2D eigenvalue weighted by atomic mass is 32.2. The predicted octanol–water partition coefficient (Wildman–Crippen LogP) is 2.21. The molecule has 3 N–H and O–H groups in total. The fraction of sp³-hybridized carbons (Fsp3) is 0.300. The minimum Gasteiger partial charge on any atom is -0.481 e. The van der Waals surface area contributed by atoms with Gasteiger partial charge in [0.25, 0.3) is 5.91 Å². The molecule has 0 unspecified atom stereocenters. The summed E-state index contributed by atoms with van der Waals surface area (Å²) in [7, 11) is -3.81. The van der Waals surface area contributed by atoms with Crippen molar-refractivity contribution < 1.29 is 27.5 Å². The second-order valence-corrected chi connectivity index (χ2v) is 8.27. The highest BCUT2D eigenvalue weighted by Gasteiger charge is 2.19. The smallest absolute Gasteiger partial charge is 0.344 e. The van der Waals surface area contributed by atoms with Crippen molar-refractivity contribution in [1.29, 1.82) is 0 Å². The van der Waals surface area contributed by atoms with Crippen LogP contribution in [0.1, 0.15) is 23.6 Å². The molecule has 0 bridgehead atoms. The van der Waals surface area contributed by atoms with Crippen LogP contribution in [0.5, 0.6) is 5.75 Å². The van der Waals surface area contributed by atoms with E-state index in [0.29, 0.717) is 11.4 Å². The van der Waals surface area contributed by atoms with Gasteiger partial charge in [0.05, 0.1) is 4.90 Å². The Morgan fingerprint density at radius 1 is 1.07 bits per heavy atom. The second kappa shape index (κ2) is 9.06. The molecule has 0 heterocycles. The summed E-state index contributed by atoms with van der Waals surface area (Å²) in [5, 5.41) is 7.55. The summed E-state index contributed by atoms with van der Waals surface area (Å²) in [5.41, 5.74) is 3.25. The van der Waals surface area contributed by atoms with Gasteiger partial charge in [0.15, 0.2) is 12.7 Å². The molecule has 2 aromatic rings. The van der Waals surface area contributed by atoms with Gasteiger partial charge in [0, 0.05) is 5.69 Å². The summed E-state index contributed by atoms with van der Waals surface area (Å²) in [6.07, 6.45) is -1.07. The fourth-order valence-corrected chi connectivity index (χ4v) is 3.30. The van der Waals surface area contributed by atoms with Crippen molar-refractivity contribution in [2.45, 2.75) is 38.7 Å². The van der Waals surface area contributed by atoms with Crippen LogP contribution in [-0.4, -0.2) is 33.0 Å². The Balaban J connectivity index is 1.90. The van der Waals surface area contributed by atoms with Crippen molar-refractivity contribution in [3.63, 3.8) is 0 Å². The molecular weight excluding hydrogens is 396 g/mol. The predicted molar refractivity (Wildman–Crippen MR) is 108 cm³/mol. The van der Waals surface area contributed by atoms with E-state index in [2.05, 4.69) is 5.32 Å². The first kappa shape index (κ1) is 22.4. The van der Waals surface area contributed by atoms with Gasteiger partial charge < -0.3 is 14.8 Å². The van der Waals surface area contributed by atoms with Gasteiger partial charge in [-0.15, -0.1) is 0 Å². The lowest BCUT2D eigenvalue weighted by Crippen LogP contribution is -2.31. The van der Waals surface area contributed by atoms with Crippen molar-refractivity contribution >= 4 is 27.6 Å². The number of ether oxygens (including phenoxy) is 2. The minimum absolute atomic E-state index is 0.0752. The summed E-state index contributed by atoms with van der Waals surface area (Å²) in [6.45, 7) is 6.84. The maximum Gasteiger partial charge on any atom is 0.344 e. The number of carbonyl (C=O) groups excluding carboxylic acids is 2. The number of esters is 1. The van der Waals surface area contributed by atoms with Crippen molar-refractivity contribution in [2.24, 2.45) is 5.14 Å². The van der Waals surface area contributed by atoms with E-state index in [0.717, 1.165) is 16.7 Å². The molecule has 9 heteroatoms. The molecule has 0 saturated carbocycles. The van der Waals surface area contributed by atoms with Gasteiger partial charge in [0.2, 0.25) is 10.0 Å². The maximum atomic E-state index is 12.2. The number of aryl methyl sites for hydroxylation is 3. The molecule has 0 aromatic heterocycles. The summed E-state index contributed by atoms with van der Waals surface area (Å²) in [6, 6.07) is 9.20. The van der Waals surface area contributed by atoms with Crippen molar-refractivity contribution in [3.05, 3.63) is 53.1 Å². The van der Waals surface area contributed by atoms with E-state index in [1.807, 2.05) is 32.9 Å². The van der Waals surface area contributed by atoms with Crippen LogP contribution < -0.4 is 15.2 Å². The monoisotopic (exact) mass is 420 g/mol. The Morgan fingerprint density at radius 2 is 1.62 bits per heavy atom. The van der Waals surface area contributed by atoms with Gasteiger partial charge in [-0.2, -0.15) is 0 Å². The molecule has 8 nitrogen and oxygen atoms in total. The molecule has 156 valence electrons. The molecule has 0 aliphatic heterocycles. The molecule has 0 aliphatic rings. The average Bonchev–Trinajstić information content (AvgIpc) is 2.60. The first-order valence-electron chi connectivity index (χ1n) is 8.81. The number of nitrogens with one attached hydrogen (secondary N) is 1. The number of carbonyl (C=O) groups is 2. The van der Waals surface area contributed by atoms with Crippen molar-refractivity contribution in [1.82, 2.24) is 0 Å². The third-order valence-electron chi connectivity index (χ3n) is 4.07. The van der Waals surface area contributed by atoms with Crippen LogP contribution in [0.15, 0.2) is 41.3 Å². The molecule has 1 amide bonds. The first-order chi connectivity index (χ1) is 13.5. The van der Waals surface area contributed by atoms with E-state index < -0.39 is 28.0 Å². The Morgan fingerprint density at radius 3 is 2.14 bits per heavy atom. The lowest BCUT2D eigenvalue weighted by molar-refractivity contribution is -0.155. The zero-order chi connectivity index (χ0) is 21.8. The van der Waals surface area contributed by atoms with Crippen molar-refractivity contribution in [3.8, 4) is 5.75 Å². The zero-order valence-corrected chi connectivity index (χ0v) is 17.5. The molecule has 29 heavy (non-hydrogen) atoms. The molecule has 0 radical (unpaired) electrons. The lowest BCUT2D eigenvalue weighted by Gasteiger charge is -2.16. The third kappa shape index (κ3) is 6.30. The molecule has 2 rings (SSSR count). The van der Waals surface area contributed by atoms with Crippen LogP contribution in [0, 0.1) is 20.8 Å². The number of nitrogens with two attached hydrogens (primary N) is 1. The van der Waals surface area contributed by atoms with Crippen LogP contribution >= 0.6 is 0 Å². The normalized spacial score (nSPS) is 12.2. The van der Waals surface area contributed by atoms with E-state index >= 15 is 0 Å². The highest BCUT2D eigenvalue weighted by Crippen LogP contribution is 2.24.